The molecule has 0 radical (unpaired) electrons. The molecule has 0 unspecified atom stereocenters. The monoisotopic (exact) mass is 234 g/mol. The lowest BCUT2D eigenvalue weighted by Gasteiger charge is -2.36. The highest BCUT2D eigenvalue weighted by atomic mass is 16.3. The fourth-order valence-corrected chi connectivity index (χ4v) is 2.25. The topological polar surface area (TPSA) is 52.6 Å². The van der Waals surface area contributed by atoms with Crippen molar-refractivity contribution in [1.82, 2.24) is 10.2 Å². The molecule has 0 spiro atoms. The van der Waals surface area contributed by atoms with Crippen molar-refractivity contribution in [2.24, 2.45) is 0 Å². The molecule has 1 heterocycles. The molecule has 17 heavy (non-hydrogen) atoms. The minimum atomic E-state index is -0.398. The summed E-state index contributed by atoms with van der Waals surface area (Å²) in [7, 11) is 0. The van der Waals surface area contributed by atoms with Gasteiger partial charge in [0.2, 0.25) is 5.91 Å². The van der Waals surface area contributed by atoms with Crippen LogP contribution in [0.3, 0.4) is 0 Å². The lowest BCUT2D eigenvalue weighted by Crippen LogP contribution is -2.55. The SMILES string of the molecule is O=C(CO)N1CCNC[C@H]1Cc1ccccc1. The third-order valence-corrected chi connectivity index (χ3v) is 3.12. The molecular weight excluding hydrogens is 216 g/mol. The van der Waals surface area contributed by atoms with Gasteiger partial charge in [0.15, 0.2) is 0 Å². The van der Waals surface area contributed by atoms with Gasteiger partial charge >= 0.3 is 0 Å². The number of nitrogens with one attached hydrogen (secondary N) is 1. The van der Waals surface area contributed by atoms with E-state index in [0.29, 0.717) is 6.54 Å². The Morgan fingerprint density at radius 3 is 2.88 bits per heavy atom. The number of hydrogen-bond acceptors (Lipinski definition) is 3. The predicted molar refractivity (Wildman–Crippen MR) is 65.6 cm³/mol. The van der Waals surface area contributed by atoms with Crippen LogP contribution in [0, 0.1) is 0 Å². The normalized spacial score (nSPS) is 20.3. The van der Waals surface area contributed by atoms with Gasteiger partial charge in [0.05, 0.1) is 0 Å². The van der Waals surface area contributed by atoms with Gasteiger partial charge in [-0.15, -0.1) is 0 Å². The summed E-state index contributed by atoms with van der Waals surface area (Å²) in [5, 5.41) is 12.2. The smallest absolute Gasteiger partial charge is 0.248 e. The second-order valence-corrected chi connectivity index (χ2v) is 4.29. The van der Waals surface area contributed by atoms with E-state index < -0.39 is 6.61 Å². The number of aliphatic hydroxyl groups excluding tert-OH is 1. The number of nitrogens with zero attached hydrogens (tertiary/aromatic N) is 1. The lowest BCUT2D eigenvalue weighted by molar-refractivity contribution is -0.137. The summed E-state index contributed by atoms with van der Waals surface area (Å²) < 4.78 is 0. The highest BCUT2D eigenvalue weighted by Crippen LogP contribution is 2.11. The van der Waals surface area contributed by atoms with Crippen molar-refractivity contribution in [3.05, 3.63) is 35.9 Å². The van der Waals surface area contributed by atoms with Crippen LogP contribution in [0.4, 0.5) is 0 Å². The fraction of sp³-hybridized carbons (Fsp3) is 0.462. The lowest BCUT2D eigenvalue weighted by atomic mass is 10.0. The minimum Gasteiger partial charge on any atom is -0.387 e. The van der Waals surface area contributed by atoms with Crippen LogP contribution in [0.25, 0.3) is 0 Å². The Kier molecular flexibility index (Phi) is 4.12. The zero-order valence-electron chi connectivity index (χ0n) is 9.80. The average Bonchev–Trinajstić information content (AvgIpc) is 2.40. The maximum atomic E-state index is 11.6. The molecule has 4 heteroatoms. The summed E-state index contributed by atoms with van der Waals surface area (Å²) in [5.74, 6) is -0.174. The van der Waals surface area contributed by atoms with Gasteiger partial charge in [0, 0.05) is 25.7 Å². The summed E-state index contributed by atoms with van der Waals surface area (Å²) in [6, 6.07) is 10.3. The molecular formula is C13H18N2O2. The molecule has 0 saturated carbocycles. The molecule has 2 N–H and O–H groups in total. The van der Waals surface area contributed by atoms with Gasteiger partial charge in [-0.3, -0.25) is 4.79 Å². The Morgan fingerprint density at radius 2 is 2.18 bits per heavy atom. The van der Waals surface area contributed by atoms with Gasteiger partial charge in [0.25, 0.3) is 0 Å². The molecule has 4 nitrogen and oxygen atoms in total. The molecule has 0 bridgehead atoms. The first kappa shape index (κ1) is 12.1. The number of carbonyl (C=O) groups is 1. The van der Waals surface area contributed by atoms with E-state index in [2.05, 4.69) is 17.4 Å². The number of piperazine rings is 1. The Balaban J connectivity index is 2.04. The summed E-state index contributed by atoms with van der Waals surface area (Å²) in [6.45, 7) is 1.87. The Hall–Kier alpha value is -1.39. The summed E-state index contributed by atoms with van der Waals surface area (Å²) in [5.41, 5.74) is 1.22. The van der Waals surface area contributed by atoms with E-state index in [0.717, 1.165) is 19.5 Å². The standard InChI is InChI=1S/C13H18N2O2/c16-10-13(17)15-7-6-14-9-12(15)8-11-4-2-1-3-5-11/h1-5,12,14,16H,6-10H2/t12-/m1/s1. The van der Waals surface area contributed by atoms with Crippen LogP contribution in [0.1, 0.15) is 5.56 Å². The highest BCUT2D eigenvalue weighted by molar-refractivity contribution is 5.77. The van der Waals surface area contributed by atoms with Crippen LogP contribution in [-0.4, -0.2) is 48.2 Å². The fourth-order valence-electron chi connectivity index (χ4n) is 2.25. The third kappa shape index (κ3) is 3.05. The van der Waals surface area contributed by atoms with Crippen molar-refractivity contribution in [3.63, 3.8) is 0 Å². The van der Waals surface area contributed by atoms with Crippen LogP contribution < -0.4 is 5.32 Å². The molecule has 1 aromatic rings. The highest BCUT2D eigenvalue weighted by Gasteiger charge is 2.25. The summed E-state index contributed by atoms with van der Waals surface area (Å²) in [4.78, 5) is 13.4. The van der Waals surface area contributed by atoms with Gasteiger partial charge in [-0.05, 0) is 12.0 Å². The van der Waals surface area contributed by atoms with E-state index in [1.54, 1.807) is 4.90 Å². The Bertz CT molecular complexity index is 367. The molecule has 1 aliphatic rings. The van der Waals surface area contributed by atoms with Crippen molar-refractivity contribution in [3.8, 4) is 0 Å². The largest absolute Gasteiger partial charge is 0.387 e. The van der Waals surface area contributed by atoms with Crippen LogP contribution in [0.15, 0.2) is 30.3 Å². The van der Waals surface area contributed by atoms with Gasteiger partial charge < -0.3 is 15.3 Å². The first-order chi connectivity index (χ1) is 8.31. The van der Waals surface area contributed by atoms with E-state index in [1.165, 1.54) is 5.56 Å². The van der Waals surface area contributed by atoms with E-state index in [1.807, 2.05) is 18.2 Å². The van der Waals surface area contributed by atoms with E-state index in [9.17, 15) is 4.79 Å². The number of benzene rings is 1. The van der Waals surface area contributed by atoms with Crippen molar-refractivity contribution in [1.29, 1.82) is 0 Å². The van der Waals surface area contributed by atoms with Crippen LogP contribution in [0.2, 0.25) is 0 Å². The maximum absolute atomic E-state index is 11.6. The Labute approximate surface area is 101 Å². The molecule has 1 aromatic carbocycles. The molecule has 92 valence electrons. The van der Waals surface area contributed by atoms with Crippen LogP contribution >= 0.6 is 0 Å². The van der Waals surface area contributed by atoms with Gasteiger partial charge in [-0.1, -0.05) is 30.3 Å². The molecule has 1 atom stereocenters. The second kappa shape index (κ2) is 5.80. The van der Waals surface area contributed by atoms with Crippen LogP contribution in [-0.2, 0) is 11.2 Å². The van der Waals surface area contributed by atoms with Gasteiger partial charge in [-0.25, -0.2) is 0 Å². The minimum absolute atomic E-state index is 0.144. The molecule has 1 saturated heterocycles. The molecule has 0 aromatic heterocycles. The number of amides is 1. The summed E-state index contributed by atoms with van der Waals surface area (Å²) >= 11 is 0. The first-order valence-corrected chi connectivity index (χ1v) is 5.96. The van der Waals surface area contributed by atoms with Crippen molar-refractivity contribution < 1.29 is 9.90 Å². The summed E-state index contributed by atoms with van der Waals surface area (Å²) in [6.07, 6.45) is 0.833. The van der Waals surface area contributed by atoms with Crippen LogP contribution in [0.5, 0.6) is 0 Å². The average molecular weight is 234 g/mol. The molecule has 1 amide bonds. The predicted octanol–water partition coefficient (Wildman–Crippen LogP) is 0.0218. The molecule has 0 aliphatic carbocycles. The van der Waals surface area contributed by atoms with E-state index in [-0.39, 0.29) is 11.9 Å². The third-order valence-electron chi connectivity index (χ3n) is 3.12. The maximum Gasteiger partial charge on any atom is 0.248 e. The van der Waals surface area contributed by atoms with Crippen molar-refractivity contribution in [2.75, 3.05) is 26.2 Å². The number of carbonyl (C=O) groups excluding carboxylic acids is 1. The second-order valence-electron chi connectivity index (χ2n) is 4.29. The molecule has 1 fully saturated rings. The van der Waals surface area contributed by atoms with Gasteiger partial charge in [-0.2, -0.15) is 0 Å². The molecule has 1 aliphatic heterocycles. The van der Waals surface area contributed by atoms with Crippen molar-refractivity contribution >= 4 is 5.91 Å². The van der Waals surface area contributed by atoms with Crippen molar-refractivity contribution in [2.45, 2.75) is 12.5 Å². The zero-order chi connectivity index (χ0) is 12.1. The Morgan fingerprint density at radius 1 is 1.41 bits per heavy atom. The molecule has 2 rings (SSSR count). The van der Waals surface area contributed by atoms with Gasteiger partial charge in [0.1, 0.15) is 6.61 Å². The zero-order valence-corrected chi connectivity index (χ0v) is 9.80. The first-order valence-electron chi connectivity index (χ1n) is 5.96. The quantitative estimate of drug-likeness (QED) is 0.775. The number of rotatable bonds is 3. The van der Waals surface area contributed by atoms with E-state index in [4.69, 9.17) is 5.11 Å². The number of aliphatic hydroxyl groups is 1. The number of hydrogen-bond donors (Lipinski definition) is 2. The van der Waals surface area contributed by atoms with E-state index >= 15 is 0 Å².